The molecule has 0 saturated heterocycles. The lowest BCUT2D eigenvalue weighted by Gasteiger charge is -2.23. The third-order valence-corrected chi connectivity index (χ3v) is 3.40. The molecule has 1 aliphatic carbocycles. The molecule has 98 valence electrons. The number of rotatable bonds is 4. The molecule has 0 amide bonds. The van der Waals surface area contributed by atoms with E-state index in [1.807, 2.05) is 24.4 Å². The third kappa shape index (κ3) is 2.50. The first kappa shape index (κ1) is 11.9. The lowest BCUT2D eigenvalue weighted by atomic mass is 9.96. The van der Waals surface area contributed by atoms with Crippen LogP contribution in [0.25, 0.3) is 0 Å². The Kier molecular flexibility index (Phi) is 3.27. The summed E-state index contributed by atoms with van der Waals surface area (Å²) in [5.74, 6) is 1.97. The van der Waals surface area contributed by atoms with E-state index in [-0.39, 0.29) is 0 Å². The number of hydrogen-bond donors (Lipinski definition) is 1. The standard InChI is InChI=1S/C16H17NO2/c1-18-15-10-14-13(7-8-17-14)9-16(15)19-11-12-5-3-2-4-6-12/h2-10,13-14,17H,11H2,1H3. The first-order valence-electron chi connectivity index (χ1n) is 6.44. The normalized spacial score (nSPS) is 24.1. The van der Waals surface area contributed by atoms with Crippen LogP contribution in [0, 0.1) is 5.92 Å². The number of hydrogen-bond acceptors (Lipinski definition) is 3. The van der Waals surface area contributed by atoms with Crippen LogP contribution in [-0.2, 0) is 16.1 Å². The molecule has 2 aliphatic rings. The van der Waals surface area contributed by atoms with Crippen LogP contribution in [0.5, 0.6) is 0 Å². The molecule has 3 rings (SSSR count). The van der Waals surface area contributed by atoms with Gasteiger partial charge in [0.05, 0.1) is 13.2 Å². The number of methoxy groups -OCH3 is 1. The van der Waals surface area contributed by atoms with E-state index in [1.165, 1.54) is 0 Å². The zero-order chi connectivity index (χ0) is 13.1. The average molecular weight is 255 g/mol. The van der Waals surface area contributed by atoms with Crippen molar-refractivity contribution < 1.29 is 9.47 Å². The molecule has 3 heteroatoms. The Morgan fingerprint density at radius 3 is 2.74 bits per heavy atom. The van der Waals surface area contributed by atoms with Crippen LogP contribution in [0.2, 0.25) is 0 Å². The smallest absolute Gasteiger partial charge is 0.158 e. The number of nitrogens with one attached hydrogen (secondary N) is 1. The Morgan fingerprint density at radius 1 is 1.11 bits per heavy atom. The van der Waals surface area contributed by atoms with Gasteiger partial charge in [-0.3, -0.25) is 0 Å². The minimum Gasteiger partial charge on any atom is -0.493 e. The van der Waals surface area contributed by atoms with E-state index in [2.05, 4.69) is 35.7 Å². The van der Waals surface area contributed by atoms with Gasteiger partial charge < -0.3 is 14.8 Å². The Bertz CT molecular complexity index is 531. The molecule has 1 aromatic carbocycles. The first-order chi connectivity index (χ1) is 9.36. The summed E-state index contributed by atoms with van der Waals surface area (Å²) in [5, 5.41) is 3.28. The van der Waals surface area contributed by atoms with Gasteiger partial charge >= 0.3 is 0 Å². The molecule has 1 aromatic rings. The van der Waals surface area contributed by atoms with Crippen molar-refractivity contribution >= 4 is 0 Å². The van der Waals surface area contributed by atoms with E-state index >= 15 is 0 Å². The van der Waals surface area contributed by atoms with E-state index in [0.29, 0.717) is 18.6 Å². The van der Waals surface area contributed by atoms with Gasteiger partial charge in [0.15, 0.2) is 11.5 Å². The summed E-state index contributed by atoms with van der Waals surface area (Å²) >= 11 is 0. The van der Waals surface area contributed by atoms with Gasteiger partial charge in [0.1, 0.15) is 6.61 Å². The van der Waals surface area contributed by atoms with Crippen molar-refractivity contribution in [1.29, 1.82) is 0 Å². The maximum Gasteiger partial charge on any atom is 0.158 e. The monoisotopic (exact) mass is 255 g/mol. The van der Waals surface area contributed by atoms with Gasteiger partial charge in [-0.05, 0) is 23.9 Å². The van der Waals surface area contributed by atoms with Gasteiger partial charge in [-0.15, -0.1) is 0 Å². The van der Waals surface area contributed by atoms with Crippen molar-refractivity contribution in [1.82, 2.24) is 5.32 Å². The molecule has 0 aromatic heterocycles. The van der Waals surface area contributed by atoms with Crippen molar-refractivity contribution in [3.63, 3.8) is 0 Å². The summed E-state index contributed by atoms with van der Waals surface area (Å²) in [6.45, 7) is 0.557. The highest BCUT2D eigenvalue weighted by atomic mass is 16.5. The van der Waals surface area contributed by atoms with Gasteiger partial charge in [-0.1, -0.05) is 36.4 Å². The van der Waals surface area contributed by atoms with Crippen LogP contribution in [-0.4, -0.2) is 13.2 Å². The Balaban J connectivity index is 1.72. The van der Waals surface area contributed by atoms with Crippen LogP contribution in [0.1, 0.15) is 5.56 Å². The second-order valence-corrected chi connectivity index (χ2v) is 4.67. The molecule has 0 spiro atoms. The van der Waals surface area contributed by atoms with Gasteiger partial charge in [-0.2, -0.15) is 0 Å². The molecule has 2 unspecified atom stereocenters. The fraction of sp³-hybridized carbons (Fsp3) is 0.250. The van der Waals surface area contributed by atoms with Crippen LogP contribution < -0.4 is 5.32 Å². The molecule has 19 heavy (non-hydrogen) atoms. The highest BCUT2D eigenvalue weighted by Gasteiger charge is 2.26. The van der Waals surface area contributed by atoms with E-state index in [4.69, 9.17) is 9.47 Å². The van der Waals surface area contributed by atoms with E-state index in [0.717, 1.165) is 17.1 Å². The number of ether oxygens (including phenoxy) is 2. The highest BCUT2D eigenvalue weighted by molar-refractivity contribution is 5.34. The van der Waals surface area contributed by atoms with Crippen LogP contribution in [0.15, 0.2) is 66.3 Å². The largest absolute Gasteiger partial charge is 0.493 e. The predicted molar refractivity (Wildman–Crippen MR) is 74.0 cm³/mol. The minimum absolute atomic E-state index is 0.291. The van der Waals surface area contributed by atoms with Crippen LogP contribution in [0.3, 0.4) is 0 Å². The van der Waals surface area contributed by atoms with Gasteiger partial charge in [0.25, 0.3) is 0 Å². The molecule has 1 aliphatic heterocycles. The molecule has 0 fully saturated rings. The van der Waals surface area contributed by atoms with Crippen molar-refractivity contribution in [3.05, 3.63) is 71.8 Å². The fourth-order valence-electron chi connectivity index (χ4n) is 2.35. The minimum atomic E-state index is 0.291. The second-order valence-electron chi connectivity index (χ2n) is 4.67. The van der Waals surface area contributed by atoms with Gasteiger partial charge in [0, 0.05) is 5.92 Å². The maximum absolute atomic E-state index is 5.89. The molecular formula is C16H17NO2. The van der Waals surface area contributed by atoms with Gasteiger partial charge in [0.2, 0.25) is 0 Å². The van der Waals surface area contributed by atoms with Crippen molar-refractivity contribution in [2.45, 2.75) is 12.6 Å². The topological polar surface area (TPSA) is 30.5 Å². The summed E-state index contributed by atoms with van der Waals surface area (Å²) in [6.07, 6.45) is 8.31. The van der Waals surface area contributed by atoms with Crippen molar-refractivity contribution in [2.24, 2.45) is 5.92 Å². The summed E-state index contributed by atoms with van der Waals surface area (Å²) < 4.78 is 11.3. The van der Waals surface area contributed by atoms with Crippen LogP contribution >= 0.6 is 0 Å². The molecule has 1 heterocycles. The number of benzene rings is 1. The molecule has 0 radical (unpaired) electrons. The van der Waals surface area contributed by atoms with E-state index in [9.17, 15) is 0 Å². The second kappa shape index (κ2) is 5.22. The summed E-state index contributed by atoms with van der Waals surface area (Å²) in [4.78, 5) is 0. The SMILES string of the molecule is COC1=CC2NC=CC2C=C1OCc1ccccc1. The van der Waals surface area contributed by atoms with E-state index in [1.54, 1.807) is 7.11 Å². The highest BCUT2D eigenvalue weighted by Crippen LogP contribution is 2.28. The molecule has 1 N–H and O–H groups in total. The average Bonchev–Trinajstić information content (AvgIpc) is 2.92. The van der Waals surface area contributed by atoms with E-state index < -0.39 is 0 Å². The lowest BCUT2D eigenvalue weighted by Crippen LogP contribution is -2.27. The zero-order valence-corrected chi connectivity index (χ0v) is 10.9. The maximum atomic E-state index is 5.89. The van der Waals surface area contributed by atoms with Crippen molar-refractivity contribution in [2.75, 3.05) is 7.11 Å². The number of fused-ring (bicyclic) bond motifs is 1. The molecule has 0 bridgehead atoms. The molecule has 3 nitrogen and oxygen atoms in total. The molecular weight excluding hydrogens is 238 g/mol. The third-order valence-electron chi connectivity index (χ3n) is 3.40. The lowest BCUT2D eigenvalue weighted by molar-refractivity contribution is 0.160. The van der Waals surface area contributed by atoms with Crippen molar-refractivity contribution in [3.8, 4) is 0 Å². The van der Waals surface area contributed by atoms with Crippen LogP contribution in [0.4, 0.5) is 0 Å². The first-order valence-corrected chi connectivity index (χ1v) is 6.44. The summed E-state index contributed by atoms with van der Waals surface area (Å²) in [5.41, 5.74) is 1.15. The summed E-state index contributed by atoms with van der Waals surface area (Å²) in [6, 6.07) is 10.4. The summed E-state index contributed by atoms with van der Waals surface area (Å²) in [7, 11) is 1.67. The van der Waals surface area contributed by atoms with Gasteiger partial charge in [-0.25, -0.2) is 0 Å². The quantitative estimate of drug-likeness (QED) is 0.897. The molecule has 0 saturated carbocycles. The predicted octanol–water partition coefficient (Wildman–Crippen LogP) is 2.73. The Morgan fingerprint density at radius 2 is 1.95 bits per heavy atom. The fourth-order valence-corrected chi connectivity index (χ4v) is 2.35. The Hall–Kier alpha value is -2.16. The zero-order valence-electron chi connectivity index (χ0n) is 10.9. The molecule has 2 atom stereocenters. The Labute approximate surface area is 113 Å².